The summed E-state index contributed by atoms with van der Waals surface area (Å²) in [5.74, 6) is 0.202. The van der Waals surface area contributed by atoms with Crippen LogP contribution in [0.1, 0.15) is 62.5 Å². The summed E-state index contributed by atoms with van der Waals surface area (Å²) in [5, 5.41) is 10.2. The summed E-state index contributed by atoms with van der Waals surface area (Å²) >= 11 is 0. The highest BCUT2D eigenvalue weighted by Gasteiger charge is 2.45. The lowest BCUT2D eigenvalue weighted by Gasteiger charge is -2.39. The third-order valence-electron chi connectivity index (χ3n) is 8.14. The minimum Gasteiger partial charge on any atom is -0.468 e. The van der Waals surface area contributed by atoms with Crippen molar-refractivity contribution in [3.05, 3.63) is 71.8 Å². The third kappa shape index (κ3) is 7.22. The number of benzene rings is 2. The number of nitrogens with one attached hydrogen (secondary N) is 3. The third-order valence-corrected chi connectivity index (χ3v) is 8.14. The Morgan fingerprint density at radius 2 is 1.58 bits per heavy atom. The number of carbonyl (C=O) groups excluding carboxylic acids is 2. The van der Waals surface area contributed by atoms with Crippen molar-refractivity contribution in [3.63, 3.8) is 0 Å². The summed E-state index contributed by atoms with van der Waals surface area (Å²) in [4.78, 5) is 26.6. The van der Waals surface area contributed by atoms with Gasteiger partial charge in [-0.05, 0) is 82.1 Å². The molecule has 7 heteroatoms. The first-order valence-corrected chi connectivity index (χ1v) is 14.2. The number of esters is 1. The molecule has 2 aromatic carbocycles. The fourth-order valence-electron chi connectivity index (χ4n) is 6.07. The summed E-state index contributed by atoms with van der Waals surface area (Å²) in [6.07, 6.45) is 8.01. The van der Waals surface area contributed by atoms with E-state index in [0.717, 1.165) is 90.6 Å². The van der Waals surface area contributed by atoms with E-state index in [1.807, 2.05) is 41.3 Å². The quantitative estimate of drug-likeness (QED) is 0.345. The van der Waals surface area contributed by atoms with Crippen molar-refractivity contribution < 1.29 is 14.3 Å². The molecule has 5 rings (SSSR count). The lowest BCUT2D eigenvalue weighted by Crippen LogP contribution is -2.58. The van der Waals surface area contributed by atoms with Crippen molar-refractivity contribution in [1.29, 1.82) is 0 Å². The van der Waals surface area contributed by atoms with Gasteiger partial charge in [-0.15, -0.1) is 0 Å². The maximum atomic E-state index is 12.6. The standard InChI is InChI=1S/C16H24N2O2.C15H20N2O/c1-20-15(19)16(10-6-12-18-16)9-5-11-17-13-14-7-3-2-4-8-14;18-14-15(8-4-10-16-15)9-5-11-17(14)12-13-6-2-1-3-7-13/h2-4,7-8,17-18H,5-6,9-13H2,1H3;1-3,6-7,16H,4-5,8-12H2. The molecule has 0 aromatic heterocycles. The van der Waals surface area contributed by atoms with Crippen LogP contribution in [0.25, 0.3) is 0 Å². The summed E-state index contributed by atoms with van der Waals surface area (Å²) < 4.78 is 4.94. The highest BCUT2D eigenvalue weighted by Crippen LogP contribution is 2.31. The first kappa shape index (κ1) is 28.3. The van der Waals surface area contributed by atoms with E-state index in [2.05, 4.69) is 40.2 Å². The molecule has 0 saturated carbocycles. The normalized spacial score (nSPS) is 24.8. The second-order valence-corrected chi connectivity index (χ2v) is 10.8. The van der Waals surface area contributed by atoms with Crippen molar-refractivity contribution in [3.8, 4) is 0 Å². The van der Waals surface area contributed by atoms with Crippen LogP contribution in [-0.2, 0) is 27.4 Å². The molecule has 3 aliphatic heterocycles. The molecule has 2 aromatic rings. The van der Waals surface area contributed by atoms with Crippen LogP contribution in [0.4, 0.5) is 0 Å². The number of methoxy groups -OCH3 is 1. The number of hydrogen-bond donors (Lipinski definition) is 3. The number of likely N-dealkylation sites (tertiary alicyclic amines) is 1. The fourth-order valence-corrected chi connectivity index (χ4v) is 6.07. The van der Waals surface area contributed by atoms with Crippen LogP contribution in [0, 0.1) is 0 Å². The van der Waals surface area contributed by atoms with E-state index in [-0.39, 0.29) is 11.5 Å². The number of nitrogens with zero attached hydrogens (tertiary/aromatic N) is 1. The van der Waals surface area contributed by atoms with Crippen LogP contribution in [0.5, 0.6) is 0 Å². The van der Waals surface area contributed by atoms with Crippen LogP contribution < -0.4 is 16.0 Å². The lowest BCUT2D eigenvalue weighted by molar-refractivity contribution is -0.148. The molecule has 0 aliphatic carbocycles. The van der Waals surface area contributed by atoms with Gasteiger partial charge in [0, 0.05) is 19.6 Å². The Hall–Kier alpha value is -2.74. The van der Waals surface area contributed by atoms with Crippen molar-refractivity contribution >= 4 is 11.9 Å². The summed E-state index contributed by atoms with van der Waals surface area (Å²) in [6, 6.07) is 20.6. The van der Waals surface area contributed by atoms with Crippen LogP contribution in [-0.4, -0.2) is 61.1 Å². The lowest BCUT2D eigenvalue weighted by atomic mass is 9.86. The SMILES string of the molecule is COC(=O)C1(CCCNCc2ccccc2)CCCN1.O=C1N(Cc2ccccc2)CCCC12CCCN2. The molecule has 3 saturated heterocycles. The Morgan fingerprint density at radius 1 is 0.921 bits per heavy atom. The number of rotatable bonds is 9. The topological polar surface area (TPSA) is 82.7 Å². The molecule has 3 N–H and O–H groups in total. The van der Waals surface area contributed by atoms with Crippen LogP contribution in [0.15, 0.2) is 60.7 Å². The number of ether oxygens (including phenoxy) is 1. The molecule has 2 unspecified atom stereocenters. The minimum atomic E-state index is -0.441. The second kappa shape index (κ2) is 13.9. The number of hydrogen-bond acceptors (Lipinski definition) is 6. The van der Waals surface area contributed by atoms with Gasteiger partial charge in [-0.1, -0.05) is 60.7 Å². The van der Waals surface area contributed by atoms with Crippen molar-refractivity contribution in [2.45, 2.75) is 75.5 Å². The van der Waals surface area contributed by atoms with Gasteiger partial charge in [0.05, 0.1) is 12.6 Å². The molecule has 7 nitrogen and oxygen atoms in total. The minimum absolute atomic E-state index is 0.113. The molecule has 0 bridgehead atoms. The molecule has 2 atom stereocenters. The Bertz CT molecular complexity index is 1000. The molecular formula is C31H44N4O3. The average Bonchev–Trinajstić information content (AvgIpc) is 3.64. The van der Waals surface area contributed by atoms with E-state index >= 15 is 0 Å². The molecule has 1 spiro atoms. The van der Waals surface area contributed by atoms with Gasteiger partial charge < -0.3 is 25.6 Å². The molecule has 0 radical (unpaired) electrons. The van der Waals surface area contributed by atoms with Crippen molar-refractivity contribution in [1.82, 2.24) is 20.9 Å². The molecule has 206 valence electrons. The zero-order chi connectivity index (χ0) is 26.7. The molecule has 3 heterocycles. The Kier molecular flexibility index (Phi) is 10.3. The number of piperidine rings is 1. The van der Waals surface area contributed by atoms with Gasteiger partial charge in [-0.25, -0.2) is 0 Å². The van der Waals surface area contributed by atoms with Gasteiger partial charge in [-0.2, -0.15) is 0 Å². The van der Waals surface area contributed by atoms with Gasteiger partial charge in [0.15, 0.2) is 0 Å². The first-order chi connectivity index (χ1) is 18.6. The predicted octanol–water partition coefficient (Wildman–Crippen LogP) is 3.78. The highest BCUT2D eigenvalue weighted by molar-refractivity contribution is 5.87. The summed E-state index contributed by atoms with van der Waals surface area (Å²) in [7, 11) is 1.47. The maximum absolute atomic E-state index is 12.6. The van der Waals surface area contributed by atoms with E-state index in [4.69, 9.17) is 4.74 Å². The van der Waals surface area contributed by atoms with Crippen molar-refractivity contribution in [2.75, 3.05) is 33.3 Å². The molecule has 1 amide bonds. The van der Waals surface area contributed by atoms with Gasteiger partial charge in [0.25, 0.3) is 0 Å². The van der Waals surface area contributed by atoms with Gasteiger partial charge in [-0.3, -0.25) is 9.59 Å². The average molecular weight is 521 g/mol. The second-order valence-electron chi connectivity index (χ2n) is 10.8. The van der Waals surface area contributed by atoms with E-state index in [9.17, 15) is 9.59 Å². The molecular weight excluding hydrogens is 476 g/mol. The summed E-state index contributed by atoms with van der Waals surface area (Å²) in [6.45, 7) is 5.34. The van der Waals surface area contributed by atoms with Crippen molar-refractivity contribution in [2.24, 2.45) is 0 Å². The number of carbonyl (C=O) groups is 2. The largest absolute Gasteiger partial charge is 0.468 e. The predicted molar refractivity (Wildman–Crippen MR) is 150 cm³/mol. The Labute approximate surface area is 227 Å². The van der Waals surface area contributed by atoms with E-state index in [1.165, 1.54) is 18.2 Å². The first-order valence-electron chi connectivity index (χ1n) is 14.2. The zero-order valence-electron chi connectivity index (χ0n) is 22.8. The molecule has 3 fully saturated rings. The maximum Gasteiger partial charge on any atom is 0.326 e. The van der Waals surface area contributed by atoms with Crippen LogP contribution in [0.2, 0.25) is 0 Å². The zero-order valence-corrected chi connectivity index (χ0v) is 22.8. The van der Waals surface area contributed by atoms with E-state index in [1.54, 1.807) is 0 Å². The van der Waals surface area contributed by atoms with Crippen LogP contribution in [0.3, 0.4) is 0 Å². The fraction of sp³-hybridized carbons (Fsp3) is 0.548. The monoisotopic (exact) mass is 520 g/mol. The Morgan fingerprint density at radius 3 is 2.21 bits per heavy atom. The Balaban J connectivity index is 0.000000178. The van der Waals surface area contributed by atoms with Gasteiger partial charge in [0.1, 0.15) is 5.54 Å². The van der Waals surface area contributed by atoms with Gasteiger partial charge >= 0.3 is 5.97 Å². The highest BCUT2D eigenvalue weighted by atomic mass is 16.5. The van der Waals surface area contributed by atoms with Crippen LogP contribution >= 0.6 is 0 Å². The molecule has 3 aliphatic rings. The van der Waals surface area contributed by atoms with E-state index < -0.39 is 5.54 Å². The smallest absolute Gasteiger partial charge is 0.326 e. The summed E-state index contributed by atoms with van der Waals surface area (Å²) in [5.41, 5.74) is 1.84. The molecule has 38 heavy (non-hydrogen) atoms. The number of amides is 1. The van der Waals surface area contributed by atoms with Gasteiger partial charge in [0.2, 0.25) is 5.91 Å². The van der Waals surface area contributed by atoms with E-state index in [0.29, 0.717) is 5.91 Å².